The number of carbonyl (C=O) groups is 1. The zero-order chi connectivity index (χ0) is 17.8. The van der Waals surface area contributed by atoms with Gasteiger partial charge in [0.25, 0.3) is 5.69 Å². The average molecular weight is 344 g/mol. The Bertz CT molecular complexity index is 774. The highest BCUT2D eigenvalue weighted by Gasteiger charge is 2.27. The van der Waals surface area contributed by atoms with E-state index in [-0.39, 0.29) is 23.6 Å². The zero-order valence-electron chi connectivity index (χ0n) is 13.9. The third-order valence-electron chi connectivity index (χ3n) is 4.39. The molecule has 8 nitrogen and oxygen atoms in total. The molecule has 1 aliphatic heterocycles. The van der Waals surface area contributed by atoms with Gasteiger partial charge in [-0.3, -0.25) is 20.0 Å². The first-order chi connectivity index (χ1) is 12.1. The molecular formula is C17H20N4O4. The van der Waals surface area contributed by atoms with Gasteiger partial charge in [0.1, 0.15) is 0 Å². The van der Waals surface area contributed by atoms with E-state index in [1.807, 2.05) is 6.92 Å². The van der Waals surface area contributed by atoms with Crippen LogP contribution in [0.15, 0.2) is 30.3 Å². The lowest BCUT2D eigenvalue weighted by molar-refractivity contribution is -0.384. The molecule has 0 saturated carbocycles. The Kier molecular flexibility index (Phi) is 5.08. The molecule has 2 N–H and O–H groups in total. The molecule has 25 heavy (non-hydrogen) atoms. The van der Waals surface area contributed by atoms with E-state index >= 15 is 0 Å². The van der Waals surface area contributed by atoms with Crippen LogP contribution in [0.5, 0.6) is 0 Å². The lowest BCUT2D eigenvalue weighted by Gasteiger charge is -2.27. The summed E-state index contributed by atoms with van der Waals surface area (Å²) in [6.07, 6.45) is 2.43. The van der Waals surface area contributed by atoms with E-state index in [2.05, 4.69) is 15.5 Å². The predicted molar refractivity (Wildman–Crippen MR) is 92.1 cm³/mol. The molecule has 0 aliphatic carbocycles. The summed E-state index contributed by atoms with van der Waals surface area (Å²) in [5, 5.41) is 20.6. The predicted octanol–water partition coefficient (Wildman–Crippen LogP) is 3.13. The second kappa shape index (κ2) is 7.43. The van der Waals surface area contributed by atoms with Crippen LogP contribution in [-0.2, 0) is 9.53 Å². The minimum atomic E-state index is -0.447. The van der Waals surface area contributed by atoms with E-state index in [1.54, 1.807) is 18.2 Å². The van der Waals surface area contributed by atoms with E-state index in [1.165, 1.54) is 12.1 Å². The summed E-state index contributed by atoms with van der Waals surface area (Å²) in [5.41, 5.74) is 1.25. The molecule has 1 fully saturated rings. The number of nitro groups is 1. The van der Waals surface area contributed by atoms with Crippen molar-refractivity contribution in [1.29, 1.82) is 0 Å². The maximum Gasteiger partial charge on any atom is 0.270 e. The molecule has 2 atom stereocenters. The highest BCUT2D eigenvalue weighted by atomic mass is 16.6. The molecule has 1 aromatic heterocycles. The van der Waals surface area contributed by atoms with Gasteiger partial charge in [0, 0.05) is 36.3 Å². The van der Waals surface area contributed by atoms with E-state index in [0.29, 0.717) is 36.5 Å². The van der Waals surface area contributed by atoms with Gasteiger partial charge >= 0.3 is 0 Å². The second-order valence-electron chi connectivity index (χ2n) is 6.09. The van der Waals surface area contributed by atoms with Crippen LogP contribution in [0.3, 0.4) is 0 Å². The number of aromatic nitrogens is 2. The maximum atomic E-state index is 12.4. The maximum absolute atomic E-state index is 12.4. The average Bonchev–Trinajstić information content (AvgIpc) is 3.10. The zero-order valence-corrected chi connectivity index (χ0v) is 13.9. The number of aromatic amines is 1. The monoisotopic (exact) mass is 344 g/mol. The number of nitro benzene ring substituents is 1. The van der Waals surface area contributed by atoms with Crippen molar-refractivity contribution < 1.29 is 14.5 Å². The summed E-state index contributed by atoms with van der Waals surface area (Å²) in [6.45, 7) is 2.64. The van der Waals surface area contributed by atoms with Gasteiger partial charge in [-0.2, -0.15) is 5.10 Å². The number of ether oxygens (including phenoxy) is 1. The number of H-pyrrole nitrogens is 1. The molecule has 3 rings (SSSR count). The molecule has 0 radical (unpaired) electrons. The lowest BCUT2D eigenvalue weighted by Crippen LogP contribution is -2.33. The molecule has 132 valence electrons. The summed E-state index contributed by atoms with van der Waals surface area (Å²) in [6, 6.07) is 7.92. The van der Waals surface area contributed by atoms with Crippen LogP contribution in [0.2, 0.25) is 0 Å². The smallest absolute Gasteiger partial charge is 0.270 e. The van der Waals surface area contributed by atoms with Crippen LogP contribution < -0.4 is 5.32 Å². The Hall–Kier alpha value is -2.74. The summed E-state index contributed by atoms with van der Waals surface area (Å²) in [5.74, 6) is 0.251. The summed E-state index contributed by atoms with van der Waals surface area (Å²) < 4.78 is 5.59. The quantitative estimate of drug-likeness (QED) is 0.639. The van der Waals surface area contributed by atoms with E-state index in [9.17, 15) is 14.9 Å². The van der Waals surface area contributed by atoms with Crippen LogP contribution in [0, 0.1) is 16.0 Å². The first-order valence-electron chi connectivity index (χ1n) is 8.29. The number of carbonyl (C=O) groups excluding carboxylic acids is 1. The van der Waals surface area contributed by atoms with Gasteiger partial charge in [0.05, 0.1) is 16.7 Å². The molecule has 1 aromatic carbocycles. The van der Waals surface area contributed by atoms with Crippen molar-refractivity contribution in [1.82, 2.24) is 10.2 Å². The summed E-state index contributed by atoms with van der Waals surface area (Å²) in [4.78, 5) is 22.8. The number of non-ortho nitro benzene ring substituents is 1. The molecule has 0 unspecified atom stereocenters. The highest BCUT2D eigenvalue weighted by Crippen LogP contribution is 2.26. The molecule has 0 spiro atoms. The fraction of sp³-hybridized carbons (Fsp3) is 0.412. The number of amides is 1. The number of nitrogens with one attached hydrogen (secondary N) is 2. The Balaban J connectivity index is 1.68. The van der Waals surface area contributed by atoms with Crippen molar-refractivity contribution >= 4 is 17.4 Å². The van der Waals surface area contributed by atoms with Gasteiger partial charge in [-0.05, 0) is 19.3 Å². The number of rotatable bonds is 5. The second-order valence-corrected chi connectivity index (χ2v) is 6.09. The molecule has 8 heteroatoms. The van der Waals surface area contributed by atoms with E-state index in [0.717, 1.165) is 6.42 Å². The van der Waals surface area contributed by atoms with Crippen LogP contribution >= 0.6 is 0 Å². The fourth-order valence-corrected chi connectivity index (χ4v) is 2.95. The fourth-order valence-electron chi connectivity index (χ4n) is 2.95. The van der Waals surface area contributed by atoms with Crippen molar-refractivity contribution in [2.24, 2.45) is 5.92 Å². The van der Waals surface area contributed by atoms with Gasteiger partial charge in [0.15, 0.2) is 5.82 Å². The van der Waals surface area contributed by atoms with Gasteiger partial charge in [-0.15, -0.1) is 0 Å². The third kappa shape index (κ3) is 4.03. The molecule has 2 heterocycles. The minimum Gasteiger partial charge on any atom is -0.378 e. The SMILES string of the molecule is CC[C@H]1C[C@H](C(=O)Nc2cc(-c3cccc([N+](=O)[O-])c3)[nH]n2)CCO1. The van der Waals surface area contributed by atoms with Gasteiger partial charge in [0.2, 0.25) is 5.91 Å². The minimum absolute atomic E-state index is 0.00509. The van der Waals surface area contributed by atoms with Crippen LogP contribution in [0.4, 0.5) is 11.5 Å². The number of hydrogen-bond donors (Lipinski definition) is 2. The standard InChI is InChI=1S/C17H20N4O4/c1-2-14-9-12(6-7-25-14)17(22)18-16-10-15(19-20-16)11-4-3-5-13(8-11)21(23)24/h3-5,8,10,12,14H,2,6-7,9H2,1H3,(H2,18,19,20,22)/t12-,14+/m1/s1. The molecule has 2 aromatic rings. The largest absolute Gasteiger partial charge is 0.378 e. The number of benzene rings is 1. The number of hydrogen-bond acceptors (Lipinski definition) is 5. The normalized spacial score (nSPS) is 20.2. The lowest BCUT2D eigenvalue weighted by atomic mass is 9.93. The Morgan fingerprint density at radius 1 is 1.48 bits per heavy atom. The number of anilines is 1. The summed E-state index contributed by atoms with van der Waals surface area (Å²) >= 11 is 0. The van der Waals surface area contributed by atoms with Crippen molar-refractivity contribution in [3.05, 3.63) is 40.4 Å². The van der Waals surface area contributed by atoms with Crippen molar-refractivity contribution in [2.75, 3.05) is 11.9 Å². The first-order valence-corrected chi connectivity index (χ1v) is 8.29. The van der Waals surface area contributed by atoms with Crippen molar-refractivity contribution in [3.63, 3.8) is 0 Å². The molecule has 1 amide bonds. The van der Waals surface area contributed by atoms with E-state index < -0.39 is 4.92 Å². The molecule has 1 saturated heterocycles. The Labute approximate surface area is 144 Å². The number of nitrogens with zero attached hydrogens (tertiary/aromatic N) is 2. The van der Waals surface area contributed by atoms with Crippen molar-refractivity contribution in [2.45, 2.75) is 32.3 Å². The third-order valence-corrected chi connectivity index (χ3v) is 4.39. The van der Waals surface area contributed by atoms with Gasteiger partial charge < -0.3 is 10.1 Å². The van der Waals surface area contributed by atoms with Crippen LogP contribution in [0.1, 0.15) is 26.2 Å². The van der Waals surface area contributed by atoms with E-state index in [4.69, 9.17) is 4.74 Å². The highest BCUT2D eigenvalue weighted by molar-refractivity contribution is 5.92. The Morgan fingerprint density at radius 2 is 2.32 bits per heavy atom. The molecule has 1 aliphatic rings. The van der Waals surface area contributed by atoms with Gasteiger partial charge in [-0.25, -0.2) is 0 Å². The van der Waals surface area contributed by atoms with Crippen LogP contribution in [-0.4, -0.2) is 33.7 Å². The van der Waals surface area contributed by atoms with Crippen molar-refractivity contribution in [3.8, 4) is 11.3 Å². The first kappa shape index (κ1) is 17.1. The molecular weight excluding hydrogens is 324 g/mol. The van der Waals surface area contributed by atoms with Gasteiger partial charge in [-0.1, -0.05) is 19.1 Å². The topological polar surface area (TPSA) is 110 Å². The summed E-state index contributed by atoms with van der Waals surface area (Å²) in [7, 11) is 0. The van der Waals surface area contributed by atoms with Crippen LogP contribution in [0.25, 0.3) is 11.3 Å². The molecule has 0 bridgehead atoms. The Morgan fingerprint density at radius 3 is 3.08 bits per heavy atom.